The monoisotopic (exact) mass is 581 g/mol. The van der Waals surface area contributed by atoms with Crippen molar-refractivity contribution in [1.82, 2.24) is 9.88 Å². The van der Waals surface area contributed by atoms with Crippen LogP contribution in [0.15, 0.2) is 48.5 Å². The van der Waals surface area contributed by atoms with Crippen molar-refractivity contribution in [2.75, 3.05) is 6.61 Å². The van der Waals surface area contributed by atoms with Crippen molar-refractivity contribution in [3.63, 3.8) is 0 Å². The third-order valence-corrected chi connectivity index (χ3v) is 6.04. The molecule has 135 valence electrons. The number of hydrogen-bond acceptors (Lipinski definition) is 2. The molecule has 0 spiro atoms. The maximum Gasteiger partial charge on any atom is 0.252 e. The molecule has 0 saturated heterocycles. The van der Waals surface area contributed by atoms with E-state index in [1.54, 1.807) is 0 Å². The van der Waals surface area contributed by atoms with Crippen LogP contribution in [0.25, 0.3) is 32.9 Å². The summed E-state index contributed by atoms with van der Waals surface area (Å²) in [6.45, 7) is 1.20. The van der Waals surface area contributed by atoms with E-state index in [0.29, 0.717) is 13.1 Å². The van der Waals surface area contributed by atoms with Crippen LogP contribution in [0, 0.1) is 44.1 Å². The third kappa shape index (κ3) is 2.27. The summed E-state index contributed by atoms with van der Waals surface area (Å²) in [5.41, 5.74) is 8.97. The number of amides is 1. The van der Waals surface area contributed by atoms with Gasteiger partial charge >= 0.3 is 0 Å². The summed E-state index contributed by atoms with van der Waals surface area (Å²) in [5, 5.41) is 15.1. The fourth-order valence-electron chi connectivity index (χ4n) is 5.06. The van der Waals surface area contributed by atoms with Crippen molar-refractivity contribution in [1.29, 1.82) is 0 Å². The molecule has 1 aliphatic carbocycles. The Morgan fingerprint density at radius 3 is 2.64 bits per heavy atom. The van der Waals surface area contributed by atoms with Gasteiger partial charge in [0.05, 0.1) is 17.7 Å². The predicted molar refractivity (Wildman–Crippen MR) is 106 cm³/mol. The summed E-state index contributed by atoms with van der Waals surface area (Å²) in [5.74, 6) is 0.0267. The second kappa shape index (κ2) is 6.69. The summed E-state index contributed by atoms with van der Waals surface area (Å²) in [4.78, 5) is 12.8. The van der Waals surface area contributed by atoms with Crippen LogP contribution in [-0.4, -0.2) is 22.2 Å². The van der Waals surface area contributed by atoms with Crippen LogP contribution in [0.2, 0.25) is 0 Å². The molecule has 28 heavy (non-hydrogen) atoms. The minimum Gasteiger partial charge on any atom is -0.395 e. The number of rotatable bonds is 2. The number of hydrogen-bond donors (Lipinski definition) is 2. The number of fused-ring (bicyclic) bond motifs is 10. The van der Waals surface area contributed by atoms with Gasteiger partial charge in [0.2, 0.25) is 0 Å². The summed E-state index contributed by atoms with van der Waals surface area (Å²) >= 11 is 0. The molecule has 1 aliphatic heterocycles. The minimum atomic E-state index is 0. The quantitative estimate of drug-likeness (QED) is 0.335. The molecular formula is C23H18AcN2O2. The van der Waals surface area contributed by atoms with Gasteiger partial charge in [-0.1, -0.05) is 42.5 Å². The summed E-state index contributed by atoms with van der Waals surface area (Å²) in [7, 11) is 0. The molecule has 5 heteroatoms. The summed E-state index contributed by atoms with van der Waals surface area (Å²) in [6.07, 6.45) is 0.824. The van der Waals surface area contributed by atoms with E-state index in [0.717, 1.165) is 34.0 Å². The van der Waals surface area contributed by atoms with E-state index in [9.17, 15) is 9.90 Å². The SMILES string of the molecule is O=C1NCc2c1c1c(c3c2c2ccccc2n3CCO)Cc2ccccc2-1.[Ac]. The molecule has 4 aromatic rings. The Labute approximate surface area is 198 Å². The molecule has 0 unspecified atom stereocenters. The number of aliphatic hydroxyl groups is 1. The normalized spacial score (nSPS) is 14.0. The van der Waals surface area contributed by atoms with Crippen LogP contribution in [0.4, 0.5) is 0 Å². The molecule has 4 nitrogen and oxygen atoms in total. The average molecular weight is 581 g/mol. The number of benzene rings is 3. The number of aromatic nitrogens is 1. The van der Waals surface area contributed by atoms with Gasteiger partial charge in [-0.15, -0.1) is 0 Å². The Bertz CT molecular complexity index is 1290. The first-order valence-corrected chi connectivity index (χ1v) is 9.35. The average Bonchev–Trinajstić information content (AvgIpc) is 3.34. The van der Waals surface area contributed by atoms with Gasteiger partial charge in [-0.2, -0.15) is 0 Å². The second-order valence-corrected chi connectivity index (χ2v) is 7.34. The van der Waals surface area contributed by atoms with Gasteiger partial charge in [-0.25, -0.2) is 0 Å². The maximum atomic E-state index is 12.8. The van der Waals surface area contributed by atoms with Crippen LogP contribution >= 0.6 is 0 Å². The van der Waals surface area contributed by atoms with E-state index < -0.39 is 0 Å². The van der Waals surface area contributed by atoms with Crippen molar-refractivity contribution < 1.29 is 54.0 Å². The van der Waals surface area contributed by atoms with Gasteiger partial charge in [-0.05, 0) is 28.3 Å². The fraction of sp³-hybridized carbons (Fsp3) is 0.174. The number of nitrogens with one attached hydrogen (secondary N) is 1. The number of carbonyl (C=O) groups excluding carboxylic acids is 1. The van der Waals surface area contributed by atoms with E-state index in [1.165, 1.54) is 27.6 Å². The van der Waals surface area contributed by atoms with E-state index in [2.05, 4.69) is 40.2 Å². The van der Waals surface area contributed by atoms with Crippen LogP contribution in [0.3, 0.4) is 0 Å². The first-order valence-electron chi connectivity index (χ1n) is 9.35. The summed E-state index contributed by atoms with van der Waals surface area (Å²) in [6, 6.07) is 16.7. The molecule has 2 heterocycles. The predicted octanol–water partition coefficient (Wildman–Crippen LogP) is 3.60. The van der Waals surface area contributed by atoms with Crippen LogP contribution in [0.5, 0.6) is 0 Å². The zero-order valence-corrected chi connectivity index (χ0v) is 20.1. The van der Waals surface area contributed by atoms with Crippen molar-refractivity contribution in [3.8, 4) is 11.1 Å². The number of aliphatic hydroxyl groups excluding tert-OH is 1. The van der Waals surface area contributed by atoms with Gasteiger partial charge in [0.15, 0.2) is 0 Å². The molecule has 0 atom stereocenters. The Kier molecular flexibility index (Phi) is 4.39. The minimum absolute atomic E-state index is 0. The molecule has 0 fully saturated rings. The maximum absolute atomic E-state index is 12.8. The third-order valence-electron chi connectivity index (χ3n) is 6.04. The summed E-state index contributed by atoms with van der Waals surface area (Å²) < 4.78 is 2.23. The van der Waals surface area contributed by atoms with Crippen LogP contribution < -0.4 is 5.32 Å². The molecule has 1 aromatic heterocycles. The molecule has 1 amide bonds. The first kappa shape index (κ1) is 18.4. The zero-order chi connectivity index (χ0) is 18.1. The van der Waals surface area contributed by atoms with Gasteiger partial charge in [0, 0.05) is 85.4 Å². The van der Waals surface area contributed by atoms with Gasteiger partial charge < -0.3 is 15.0 Å². The van der Waals surface area contributed by atoms with E-state index in [4.69, 9.17) is 0 Å². The second-order valence-electron chi connectivity index (χ2n) is 7.34. The van der Waals surface area contributed by atoms with Crippen molar-refractivity contribution in [2.45, 2.75) is 19.5 Å². The fourth-order valence-corrected chi connectivity index (χ4v) is 5.06. The first-order chi connectivity index (χ1) is 13.3. The Morgan fingerprint density at radius 2 is 1.79 bits per heavy atom. The zero-order valence-electron chi connectivity index (χ0n) is 15.3. The largest absolute Gasteiger partial charge is 0.395 e. The molecule has 0 saturated carbocycles. The molecule has 1 radical (unpaired) electrons. The Hall–Kier alpha value is -1.67. The standard InChI is InChI=1S/C23H18N2O2.Ac/c26-10-9-25-18-8-4-3-7-15(18)20-17-12-24-23(27)21(17)19-14-6-2-1-5-13(14)11-16(19)22(20)25;/h1-8,26H,9-12H2,(H,24,27);. The Balaban J connectivity index is 0.00000171. The molecule has 2 aliphatic rings. The number of para-hydroxylation sites is 1. The molecule has 2 N–H and O–H groups in total. The van der Waals surface area contributed by atoms with Crippen molar-refractivity contribution >= 4 is 27.7 Å². The number of nitrogens with zero attached hydrogens (tertiary/aromatic N) is 1. The van der Waals surface area contributed by atoms with Crippen molar-refractivity contribution in [2.24, 2.45) is 0 Å². The van der Waals surface area contributed by atoms with E-state index >= 15 is 0 Å². The smallest absolute Gasteiger partial charge is 0.252 e. The molecule has 0 bridgehead atoms. The van der Waals surface area contributed by atoms with E-state index in [-0.39, 0.29) is 56.6 Å². The van der Waals surface area contributed by atoms with Gasteiger partial charge in [-0.3, -0.25) is 4.79 Å². The van der Waals surface area contributed by atoms with Crippen LogP contribution in [-0.2, 0) is 19.5 Å². The number of carbonyl (C=O) groups is 1. The van der Waals surface area contributed by atoms with Crippen LogP contribution in [0.1, 0.15) is 27.0 Å². The van der Waals surface area contributed by atoms with Crippen molar-refractivity contribution in [3.05, 3.63) is 70.8 Å². The molecule has 6 rings (SSSR count). The van der Waals surface area contributed by atoms with Gasteiger partial charge in [0.1, 0.15) is 0 Å². The molecule has 3 aromatic carbocycles. The Morgan fingerprint density at radius 1 is 1.00 bits per heavy atom. The van der Waals surface area contributed by atoms with Gasteiger partial charge in [0.25, 0.3) is 5.91 Å². The van der Waals surface area contributed by atoms with E-state index in [1.807, 2.05) is 18.2 Å². The molecular weight excluding hydrogens is 563 g/mol. The topological polar surface area (TPSA) is 54.3 Å².